The van der Waals surface area contributed by atoms with E-state index in [1.807, 2.05) is 13.8 Å². The van der Waals surface area contributed by atoms with E-state index in [4.69, 9.17) is 28.3 Å². The molecule has 0 aliphatic rings. The Hall–Kier alpha value is -1.03. The molecule has 1 unspecified atom stereocenters. The summed E-state index contributed by atoms with van der Waals surface area (Å²) < 4.78 is 0. The molecule has 0 saturated heterocycles. The number of hydrogen-bond acceptors (Lipinski definition) is 2. The standard InChI is InChI=1S/C14H17Cl2NO2/c1-9(2)13(8-18)17-14(19)4-3-10-5-11(15)7-12(16)6-10/h3-7,9,13,18H,8H2,1-2H3,(H,17,19). The van der Waals surface area contributed by atoms with E-state index < -0.39 is 0 Å². The maximum atomic E-state index is 11.7. The van der Waals surface area contributed by atoms with Gasteiger partial charge in [0.25, 0.3) is 0 Å². The number of benzene rings is 1. The van der Waals surface area contributed by atoms with Gasteiger partial charge in [-0.15, -0.1) is 0 Å². The van der Waals surface area contributed by atoms with Crippen LogP contribution in [0.1, 0.15) is 19.4 Å². The third kappa shape index (κ3) is 5.64. The predicted molar refractivity (Wildman–Crippen MR) is 79.4 cm³/mol. The van der Waals surface area contributed by atoms with Crippen molar-refractivity contribution >= 4 is 35.2 Å². The summed E-state index contributed by atoms with van der Waals surface area (Å²) in [6.45, 7) is 3.78. The highest BCUT2D eigenvalue weighted by atomic mass is 35.5. The zero-order valence-electron chi connectivity index (χ0n) is 10.9. The van der Waals surface area contributed by atoms with Gasteiger partial charge in [-0.3, -0.25) is 4.79 Å². The topological polar surface area (TPSA) is 49.3 Å². The van der Waals surface area contributed by atoms with Gasteiger partial charge in [-0.05, 0) is 35.8 Å². The summed E-state index contributed by atoms with van der Waals surface area (Å²) in [7, 11) is 0. The molecular formula is C14H17Cl2NO2. The fraction of sp³-hybridized carbons (Fsp3) is 0.357. The van der Waals surface area contributed by atoms with E-state index in [0.717, 1.165) is 5.56 Å². The molecule has 1 rings (SSSR count). The molecule has 0 bridgehead atoms. The average Bonchev–Trinajstić information content (AvgIpc) is 2.32. The summed E-state index contributed by atoms with van der Waals surface area (Å²) in [6.07, 6.45) is 3.02. The molecule has 0 radical (unpaired) electrons. The van der Waals surface area contributed by atoms with Gasteiger partial charge in [0.05, 0.1) is 12.6 Å². The minimum Gasteiger partial charge on any atom is -0.394 e. The first-order valence-electron chi connectivity index (χ1n) is 5.98. The van der Waals surface area contributed by atoms with Crippen LogP contribution in [0.5, 0.6) is 0 Å². The predicted octanol–water partition coefficient (Wildman–Crippen LogP) is 3.14. The first-order chi connectivity index (χ1) is 8.92. The second-order valence-corrected chi connectivity index (χ2v) is 5.45. The Morgan fingerprint density at radius 2 is 1.89 bits per heavy atom. The lowest BCUT2D eigenvalue weighted by atomic mass is 10.1. The fourth-order valence-corrected chi connectivity index (χ4v) is 2.04. The Morgan fingerprint density at radius 3 is 2.37 bits per heavy atom. The molecule has 3 nitrogen and oxygen atoms in total. The molecule has 1 aromatic carbocycles. The van der Waals surface area contributed by atoms with Crippen molar-refractivity contribution in [2.75, 3.05) is 6.61 Å². The van der Waals surface area contributed by atoms with Crippen LogP contribution in [0.25, 0.3) is 6.08 Å². The van der Waals surface area contributed by atoms with Gasteiger partial charge in [0.2, 0.25) is 5.91 Å². The third-order valence-electron chi connectivity index (χ3n) is 2.64. The molecule has 19 heavy (non-hydrogen) atoms. The van der Waals surface area contributed by atoms with Gasteiger partial charge in [0, 0.05) is 16.1 Å². The third-order valence-corrected chi connectivity index (χ3v) is 3.08. The zero-order valence-corrected chi connectivity index (χ0v) is 12.4. The molecule has 104 valence electrons. The molecule has 0 heterocycles. The number of amides is 1. The minimum absolute atomic E-state index is 0.0831. The van der Waals surface area contributed by atoms with Gasteiger partial charge in [-0.25, -0.2) is 0 Å². The van der Waals surface area contributed by atoms with Crippen LogP contribution in [0.15, 0.2) is 24.3 Å². The van der Waals surface area contributed by atoms with Gasteiger partial charge in [-0.1, -0.05) is 37.0 Å². The van der Waals surface area contributed by atoms with Crippen molar-refractivity contribution in [3.8, 4) is 0 Å². The minimum atomic E-state index is -0.260. The first kappa shape index (κ1) is 16.0. The normalized spacial score (nSPS) is 12.9. The van der Waals surface area contributed by atoms with E-state index in [1.54, 1.807) is 24.3 Å². The van der Waals surface area contributed by atoms with Crippen molar-refractivity contribution in [3.63, 3.8) is 0 Å². The average molecular weight is 302 g/mol. The molecule has 2 N–H and O–H groups in total. The van der Waals surface area contributed by atoms with Crippen LogP contribution >= 0.6 is 23.2 Å². The molecule has 1 atom stereocenters. The Balaban J connectivity index is 2.68. The highest BCUT2D eigenvalue weighted by Crippen LogP contribution is 2.19. The summed E-state index contributed by atoms with van der Waals surface area (Å²) in [4.78, 5) is 11.7. The second-order valence-electron chi connectivity index (χ2n) is 4.58. The number of rotatable bonds is 5. The molecule has 0 aliphatic carbocycles. The maximum absolute atomic E-state index is 11.7. The lowest BCUT2D eigenvalue weighted by Crippen LogP contribution is -2.40. The van der Waals surface area contributed by atoms with Crippen molar-refractivity contribution < 1.29 is 9.90 Å². The van der Waals surface area contributed by atoms with Gasteiger partial charge >= 0.3 is 0 Å². The largest absolute Gasteiger partial charge is 0.394 e. The van der Waals surface area contributed by atoms with Gasteiger partial charge in [-0.2, -0.15) is 0 Å². The molecule has 5 heteroatoms. The maximum Gasteiger partial charge on any atom is 0.244 e. The van der Waals surface area contributed by atoms with Gasteiger partial charge in [0.15, 0.2) is 0 Å². The summed E-state index contributed by atoms with van der Waals surface area (Å²) in [5, 5.41) is 12.9. The summed E-state index contributed by atoms with van der Waals surface area (Å²) >= 11 is 11.7. The highest BCUT2D eigenvalue weighted by Gasteiger charge is 2.13. The molecule has 1 aromatic rings. The highest BCUT2D eigenvalue weighted by molar-refractivity contribution is 6.34. The van der Waals surface area contributed by atoms with Crippen LogP contribution in [0, 0.1) is 5.92 Å². The Morgan fingerprint density at radius 1 is 1.32 bits per heavy atom. The van der Waals surface area contributed by atoms with Crippen molar-refractivity contribution in [1.29, 1.82) is 0 Å². The summed E-state index contributed by atoms with van der Waals surface area (Å²) in [5.74, 6) is -0.0909. The lowest BCUT2D eigenvalue weighted by molar-refractivity contribution is -0.117. The second kappa shape index (κ2) is 7.53. The quantitative estimate of drug-likeness (QED) is 0.821. The number of hydrogen-bond donors (Lipinski definition) is 2. The molecular weight excluding hydrogens is 285 g/mol. The van der Waals surface area contributed by atoms with Gasteiger partial charge < -0.3 is 10.4 Å². The van der Waals surface area contributed by atoms with E-state index in [2.05, 4.69) is 5.32 Å². The molecule has 0 spiro atoms. The fourth-order valence-electron chi connectivity index (χ4n) is 1.50. The van der Waals surface area contributed by atoms with Crippen molar-refractivity contribution in [3.05, 3.63) is 39.9 Å². The molecule has 0 fully saturated rings. The number of carbonyl (C=O) groups excluding carboxylic acids is 1. The Kier molecular flexibility index (Phi) is 6.35. The van der Waals surface area contributed by atoms with Crippen molar-refractivity contribution in [1.82, 2.24) is 5.32 Å². The Labute approximate surface area is 123 Å². The number of aliphatic hydroxyl groups excluding tert-OH is 1. The van der Waals surface area contributed by atoms with Crippen LogP contribution in [0.3, 0.4) is 0 Å². The van der Waals surface area contributed by atoms with E-state index >= 15 is 0 Å². The summed E-state index contributed by atoms with van der Waals surface area (Å²) in [6, 6.07) is 4.80. The molecule has 0 aliphatic heterocycles. The number of carbonyl (C=O) groups is 1. The van der Waals surface area contributed by atoms with E-state index in [-0.39, 0.29) is 24.5 Å². The first-order valence-corrected chi connectivity index (χ1v) is 6.73. The monoisotopic (exact) mass is 301 g/mol. The number of halogens is 2. The van der Waals surface area contributed by atoms with Crippen molar-refractivity contribution in [2.45, 2.75) is 19.9 Å². The summed E-state index contributed by atoms with van der Waals surface area (Å²) in [5.41, 5.74) is 0.748. The van der Waals surface area contributed by atoms with Crippen LogP contribution < -0.4 is 5.32 Å². The zero-order chi connectivity index (χ0) is 14.4. The SMILES string of the molecule is CC(C)C(CO)NC(=O)C=Cc1cc(Cl)cc(Cl)c1. The lowest BCUT2D eigenvalue weighted by Gasteiger charge is -2.18. The smallest absolute Gasteiger partial charge is 0.244 e. The van der Waals surface area contributed by atoms with Crippen LogP contribution in [-0.4, -0.2) is 23.7 Å². The number of nitrogens with one attached hydrogen (secondary N) is 1. The van der Waals surface area contributed by atoms with Crippen LogP contribution in [-0.2, 0) is 4.79 Å². The van der Waals surface area contributed by atoms with Crippen molar-refractivity contribution in [2.24, 2.45) is 5.92 Å². The molecule has 0 saturated carbocycles. The van der Waals surface area contributed by atoms with E-state index in [0.29, 0.717) is 10.0 Å². The Bertz CT molecular complexity index is 452. The molecule has 0 aromatic heterocycles. The van der Waals surface area contributed by atoms with Crippen LogP contribution in [0.4, 0.5) is 0 Å². The van der Waals surface area contributed by atoms with E-state index in [1.165, 1.54) is 6.08 Å². The van der Waals surface area contributed by atoms with Crippen LogP contribution in [0.2, 0.25) is 10.0 Å². The van der Waals surface area contributed by atoms with E-state index in [9.17, 15) is 4.79 Å². The molecule has 1 amide bonds. The number of aliphatic hydroxyl groups is 1. The van der Waals surface area contributed by atoms with Gasteiger partial charge in [0.1, 0.15) is 0 Å².